The van der Waals surface area contributed by atoms with Crippen LogP contribution >= 0.6 is 11.8 Å². The molecule has 0 aliphatic carbocycles. The average molecular weight is 572 g/mol. The maximum Gasteiger partial charge on any atom is 0.255 e. The highest BCUT2D eigenvalue weighted by molar-refractivity contribution is 7.98. The second kappa shape index (κ2) is 12.4. The smallest absolute Gasteiger partial charge is 0.255 e. The number of ether oxygens (including phenoxy) is 3. The van der Waals surface area contributed by atoms with Gasteiger partial charge in [-0.2, -0.15) is 4.98 Å². The van der Waals surface area contributed by atoms with Gasteiger partial charge in [0.2, 0.25) is 11.1 Å². The standard InChI is InChI=1S/C31H33N5O4S/c1-6-40-25-15-10-22(17-26(25)39-5)28-27(29(37)33-23-11-13-24(38-4)14-12-23)20(3)32-30-34-31(35-36(28)30)41-18-21-9-7-8-19(2)16-21/h7-17,28H,6,18H2,1-5H3,(H,33,37)(H,32,34,35)/t28-/m1/s1. The zero-order valence-corrected chi connectivity index (χ0v) is 24.5. The first kappa shape index (κ1) is 28.1. The van der Waals surface area contributed by atoms with Crippen LogP contribution in [0.15, 0.2) is 83.2 Å². The number of thioether (sulfide) groups is 1. The molecule has 1 atom stereocenters. The van der Waals surface area contributed by atoms with Crippen molar-refractivity contribution < 1.29 is 19.0 Å². The monoisotopic (exact) mass is 571 g/mol. The quantitative estimate of drug-likeness (QED) is 0.216. The first-order valence-corrected chi connectivity index (χ1v) is 14.3. The Kier molecular flexibility index (Phi) is 8.49. The molecule has 0 bridgehead atoms. The van der Waals surface area contributed by atoms with Crippen molar-refractivity contribution in [2.45, 2.75) is 37.7 Å². The fraction of sp³-hybridized carbons (Fsp3) is 0.258. The zero-order chi connectivity index (χ0) is 28.9. The van der Waals surface area contributed by atoms with Crippen LogP contribution in [-0.2, 0) is 10.5 Å². The van der Waals surface area contributed by atoms with E-state index in [9.17, 15) is 4.79 Å². The number of carbonyl (C=O) groups excluding carboxylic acids is 1. The van der Waals surface area contributed by atoms with E-state index >= 15 is 0 Å². The van der Waals surface area contributed by atoms with Crippen molar-refractivity contribution >= 4 is 29.3 Å². The van der Waals surface area contributed by atoms with Crippen molar-refractivity contribution in [1.29, 1.82) is 0 Å². The molecule has 0 saturated heterocycles. The van der Waals surface area contributed by atoms with Gasteiger partial charge < -0.3 is 24.8 Å². The summed E-state index contributed by atoms with van der Waals surface area (Å²) in [5, 5.41) is 11.8. The van der Waals surface area contributed by atoms with Gasteiger partial charge in [0.15, 0.2) is 11.5 Å². The Hall–Kier alpha value is -4.44. The van der Waals surface area contributed by atoms with Gasteiger partial charge >= 0.3 is 0 Å². The summed E-state index contributed by atoms with van der Waals surface area (Å²) >= 11 is 1.55. The van der Waals surface area contributed by atoms with Gasteiger partial charge in [0.05, 0.1) is 26.4 Å². The summed E-state index contributed by atoms with van der Waals surface area (Å²) in [4.78, 5) is 18.6. The fourth-order valence-corrected chi connectivity index (χ4v) is 5.52. The molecule has 9 nitrogen and oxygen atoms in total. The Labute approximate surface area is 243 Å². The van der Waals surface area contributed by atoms with Crippen LogP contribution in [0.4, 0.5) is 11.6 Å². The maximum absolute atomic E-state index is 13.8. The predicted octanol–water partition coefficient (Wildman–Crippen LogP) is 6.22. The molecule has 4 aromatic rings. The number of nitrogens with one attached hydrogen (secondary N) is 2. The SMILES string of the molecule is CCOc1ccc([C@@H]2C(C(=O)Nc3ccc(OC)cc3)=C(C)Nc3nc(SCc4cccc(C)c4)nn32)cc1OC. The largest absolute Gasteiger partial charge is 0.497 e. The zero-order valence-electron chi connectivity index (χ0n) is 23.7. The third-order valence-corrected chi connectivity index (χ3v) is 7.59. The van der Waals surface area contributed by atoms with Crippen LogP contribution in [0, 0.1) is 6.92 Å². The van der Waals surface area contributed by atoms with Crippen LogP contribution in [0.2, 0.25) is 0 Å². The second-order valence-corrected chi connectivity index (χ2v) is 10.5. The Bertz CT molecular complexity index is 1580. The summed E-state index contributed by atoms with van der Waals surface area (Å²) < 4.78 is 18.4. The molecule has 1 aromatic heterocycles. The van der Waals surface area contributed by atoms with E-state index < -0.39 is 6.04 Å². The van der Waals surface area contributed by atoms with Crippen molar-refractivity contribution in [3.63, 3.8) is 0 Å². The van der Waals surface area contributed by atoms with Crippen LogP contribution < -0.4 is 24.8 Å². The van der Waals surface area contributed by atoms with Gasteiger partial charge in [0.1, 0.15) is 11.8 Å². The minimum Gasteiger partial charge on any atom is -0.497 e. The highest BCUT2D eigenvalue weighted by Gasteiger charge is 2.35. The van der Waals surface area contributed by atoms with Crippen LogP contribution in [0.1, 0.15) is 36.6 Å². The molecule has 10 heteroatoms. The molecule has 0 radical (unpaired) electrons. The lowest BCUT2D eigenvalue weighted by molar-refractivity contribution is -0.113. The topological polar surface area (TPSA) is 99.5 Å². The molecular formula is C31H33N5O4S. The van der Waals surface area contributed by atoms with Gasteiger partial charge in [-0.05, 0) is 68.3 Å². The molecule has 1 aliphatic rings. The molecule has 2 heterocycles. The van der Waals surface area contributed by atoms with E-state index in [4.69, 9.17) is 24.3 Å². The van der Waals surface area contributed by atoms with Crippen molar-refractivity contribution in [1.82, 2.24) is 14.8 Å². The lowest BCUT2D eigenvalue weighted by Crippen LogP contribution is -2.31. The van der Waals surface area contributed by atoms with Gasteiger partial charge in [0, 0.05) is 17.1 Å². The number of anilines is 2. The Morgan fingerprint density at radius 2 is 1.83 bits per heavy atom. The lowest BCUT2D eigenvalue weighted by atomic mass is 9.94. The van der Waals surface area contributed by atoms with Crippen LogP contribution in [0.3, 0.4) is 0 Å². The average Bonchev–Trinajstić information content (AvgIpc) is 3.38. The number of rotatable bonds is 10. The van der Waals surface area contributed by atoms with E-state index in [1.807, 2.05) is 32.0 Å². The number of benzene rings is 3. The maximum atomic E-state index is 13.8. The minimum atomic E-state index is -0.560. The number of aryl methyl sites for hydroxylation is 1. The molecule has 1 amide bonds. The van der Waals surface area contributed by atoms with Crippen LogP contribution in [0.25, 0.3) is 0 Å². The number of nitrogens with zero attached hydrogens (tertiary/aromatic N) is 3. The van der Waals surface area contributed by atoms with Gasteiger partial charge in [-0.3, -0.25) is 4.79 Å². The number of fused-ring (bicyclic) bond motifs is 1. The molecular weight excluding hydrogens is 538 g/mol. The molecule has 0 fully saturated rings. The summed E-state index contributed by atoms with van der Waals surface area (Å²) in [6.07, 6.45) is 0. The number of hydrogen-bond donors (Lipinski definition) is 2. The summed E-state index contributed by atoms with van der Waals surface area (Å²) in [7, 11) is 3.21. The van der Waals surface area contributed by atoms with Crippen LogP contribution in [-0.4, -0.2) is 41.5 Å². The van der Waals surface area contributed by atoms with Gasteiger partial charge in [0.25, 0.3) is 5.91 Å². The summed E-state index contributed by atoms with van der Waals surface area (Å²) in [5.41, 5.74) is 5.06. The normalized spacial score (nSPS) is 14.2. The number of aromatic nitrogens is 3. The summed E-state index contributed by atoms with van der Waals surface area (Å²) in [6.45, 7) is 6.38. The van der Waals surface area contributed by atoms with E-state index in [1.54, 1.807) is 54.9 Å². The van der Waals surface area contributed by atoms with E-state index in [1.165, 1.54) is 11.1 Å². The summed E-state index contributed by atoms with van der Waals surface area (Å²) in [5.74, 6) is 2.95. The first-order chi connectivity index (χ1) is 19.9. The Morgan fingerprint density at radius 1 is 1.02 bits per heavy atom. The second-order valence-electron chi connectivity index (χ2n) is 9.53. The molecule has 3 aromatic carbocycles. The third-order valence-electron chi connectivity index (χ3n) is 6.68. The number of methoxy groups -OCH3 is 2. The highest BCUT2D eigenvalue weighted by atomic mass is 32.2. The van der Waals surface area contributed by atoms with Crippen molar-refractivity contribution in [3.05, 3.63) is 94.7 Å². The van der Waals surface area contributed by atoms with Gasteiger partial charge in [-0.15, -0.1) is 5.10 Å². The predicted molar refractivity (Wildman–Crippen MR) is 161 cm³/mol. The number of hydrogen-bond acceptors (Lipinski definition) is 8. The molecule has 0 saturated carbocycles. The number of amides is 1. The van der Waals surface area contributed by atoms with E-state index in [-0.39, 0.29) is 5.91 Å². The first-order valence-electron chi connectivity index (χ1n) is 13.3. The van der Waals surface area contributed by atoms with Crippen molar-refractivity contribution in [2.75, 3.05) is 31.5 Å². The molecule has 0 unspecified atom stereocenters. The third kappa shape index (κ3) is 6.17. The lowest BCUT2D eigenvalue weighted by Gasteiger charge is -2.29. The molecule has 212 valence electrons. The van der Waals surface area contributed by atoms with E-state index in [2.05, 4.69) is 41.8 Å². The molecule has 2 N–H and O–H groups in total. The molecule has 1 aliphatic heterocycles. The van der Waals surface area contributed by atoms with E-state index in [0.29, 0.717) is 51.9 Å². The molecule has 41 heavy (non-hydrogen) atoms. The van der Waals surface area contributed by atoms with Crippen molar-refractivity contribution in [3.8, 4) is 17.2 Å². The fourth-order valence-electron chi connectivity index (χ4n) is 4.75. The Balaban J connectivity index is 1.51. The number of allylic oxidation sites excluding steroid dienone is 1. The molecule has 5 rings (SSSR count). The Morgan fingerprint density at radius 3 is 2.54 bits per heavy atom. The molecule has 0 spiro atoms. The van der Waals surface area contributed by atoms with Gasteiger partial charge in [-0.1, -0.05) is 47.7 Å². The van der Waals surface area contributed by atoms with Crippen LogP contribution in [0.5, 0.6) is 17.2 Å². The highest BCUT2D eigenvalue weighted by Crippen LogP contribution is 2.40. The minimum absolute atomic E-state index is 0.256. The van der Waals surface area contributed by atoms with Crippen molar-refractivity contribution in [2.24, 2.45) is 0 Å². The van der Waals surface area contributed by atoms with Gasteiger partial charge in [-0.25, -0.2) is 4.68 Å². The van der Waals surface area contributed by atoms with E-state index in [0.717, 1.165) is 11.3 Å². The number of carbonyl (C=O) groups is 1. The summed E-state index contributed by atoms with van der Waals surface area (Å²) in [6, 6.07) is 20.7.